The molecule has 2 aromatic rings. The van der Waals surface area contributed by atoms with E-state index in [4.69, 9.17) is 0 Å². The number of carbonyl (C=O) groups excluding carboxylic acids is 1. The SMILES string of the molecule is Cc1n[nH]c(C)c1CCCNC(=O)[C@H]1Cc2ccccc2CN1C. The van der Waals surface area contributed by atoms with Gasteiger partial charge in [-0.2, -0.15) is 5.10 Å². The third kappa shape index (κ3) is 3.51. The van der Waals surface area contributed by atoms with Gasteiger partial charge in [-0.25, -0.2) is 0 Å². The normalized spacial score (nSPS) is 17.5. The average molecular weight is 326 g/mol. The second-order valence-electron chi connectivity index (χ2n) is 6.71. The lowest BCUT2D eigenvalue weighted by Gasteiger charge is -2.33. The Bertz CT molecular complexity index is 702. The number of nitrogens with zero attached hydrogens (tertiary/aromatic N) is 2. The number of aromatic nitrogens is 2. The first-order chi connectivity index (χ1) is 11.6. The van der Waals surface area contributed by atoms with Gasteiger partial charge in [0, 0.05) is 18.8 Å². The fourth-order valence-corrected chi connectivity index (χ4v) is 3.48. The first-order valence-electron chi connectivity index (χ1n) is 8.61. The van der Waals surface area contributed by atoms with Gasteiger partial charge in [-0.05, 0) is 56.8 Å². The minimum atomic E-state index is -0.0719. The molecule has 0 spiro atoms. The molecule has 0 saturated heterocycles. The lowest BCUT2D eigenvalue weighted by molar-refractivity contribution is -0.126. The van der Waals surface area contributed by atoms with E-state index in [1.165, 1.54) is 16.7 Å². The topological polar surface area (TPSA) is 61.0 Å². The van der Waals surface area contributed by atoms with Crippen LogP contribution in [-0.4, -0.2) is 40.6 Å². The van der Waals surface area contributed by atoms with E-state index >= 15 is 0 Å². The van der Waals surface area contributed by atoms with Gasteiger partial charge in [-0.3, -0.25) is 14.8 Å². The largest absolute Gasteiger partial charge is 0.355 e. The summed E-state index contributed by atoms with van der Waals surface area (Å²) in [5.74, 6) is 0.132. The third-order valence-electron chi connectivity index (χ3n) is 4.97. The number of H-pyrrole nitrogens is 1. The lowest BCUT2D eigenvalue weighted by atomic mass is 9.94. The molecule has 0 radical (unpaired) electrons. The number of likely N-dealkylation sites (N-methyl/N-ethyl adjacent to an activating group) is 1. The van der Waals surface area contributed by atoms with Gasteiger partial charge in [-0.1, -0.05) is 24.3 Å². The quantitative estimate of drug-likeness (QED) is 0.828. The number of aryl methyl sites for hydroxylation is 2. The highest BCUT2D eigenvalue weighted by Gasteiger charge is 2.28. The van der Waals surface area contributed by atoms with Crippen LogP contribution < -0.4 is 5.32 Å². The van der Waals surface area contributed by atoms with Crippen LogP contribution in [0.3, 0.4) is 0 Å². The van der Waals surface area contributed by atoms with Crippen LogP contribution in [0, 0.1) is 13.8 Å². The molecule has 2 heterocycles. The second kappa shape index (κ2) is 7.18. The monoisotopic (exact) mass is 326 g/mol. The van der Waals surface area contributed by atoms with Crippen molar-refractivity contribution in [2.45, 2.75) is 45.7 Å². The van der Waals surface area contributed by atoms with Crippen LogP contribution in [0.15, 0.2) is 24.3 Å². The molecular weight excluding hydrogens is 300 g/mol. The summed E-state index contributed by atoms with van der Waals surface area (Å²) in [6, 6.07) is 8.32. The number of hydrogen-bond donors (Lipinski definition) is 2. The number of nitrogens with one attached hydrogen (secondary N) is 2. The maximum atomic E-state index is 12.5. The standard InChI is InChI=1S/C19H26N4O/c1-13-17(14(2)22-21-13)9-6-10-20-19(24)18-11-15-7-4-5-8-16(15)12-23(18)3/h4-5,7-8,18H,6,9-12H2,1-3H3,(H,20,24)(H,21,22)/t18-/m1/s1. The average Bonchev–Trinajstić information content (AvgIpc) is 2.89. The molecule has 0 aliphatic carbocycles. The van der Waals surface area contributed by atoms with E-state index < -0.39 is 0 Å². The number of aromatic amines is 1. The molecule has 1 aliphatic rings. The summed E-state index contributed by atoms with van der Waals surface area (Å²) in [5, 5.41) is 10.3. The third-order valence-corrected chi connectivity index (χ3v) is 4.97. The van der Waals surface area contributed by atoms with Crippen molar-refractivity contribution >= 4 is 5.91 Å². The summed E-state index contributed by atoms with van der Waals surface area (Å²) in [6.45, 7) is 5.60. The van der Waals surface area contributed by atoms with Crippen molar-refractivity contribution in [3.8, 4) is 0 Å². The van der Waals surface area contributed by atoms with Crippen molar-refractivity contribution < 1.29 is 4.79 Å². The van der Waals surface area contributed by atoms with Crippen molar-refractivity contribution in [2.24, 2.45) is 0 Å². The zero-order chi connectivity index (χ0) is 17.1. The molecule has 1 amide bonds. The molecule has 24 heavy (non-hydrogen) atoms. The fourth-order valence-electron chi connectivity index (χ4n) is 3.48. The highest BCUT2D eigenvalue weighted by molar-refractivity contribution is 5.82. The van der Waals surface area contributed by atoms with Crippen molar-refractivity contribution in [2.75, 3.05) is 13.6 Å². The molecule has 5 nitrogen and oxygen atoms in total. The van der Waals surface area contributed by atoms with Crippen LogP contribution in [0.25, 0.3) is 0 Å². The Balaban J connectivity index is 1.50. The molecule has 0 bridgehead atoms. The van der Waals surface area contributed by atoms with Gasteiger partial charge in [-0.15, -0.1) is 0 Å². The number of carbonyl (C=O) groups is 1. The van der Waals surface area contributed by atoms with E-state index in [1.54, 1.807) is 0 Å². The molecule has 2 N–H and O–H groups in total. The Morgan fingerprint density at radius 2 is 2.08 bits per heavy atom. The maximum absolute atomic E-state index is 12.5. The molecule has 0 saturated carbocycles. The van der Waals surface area contributed by atoms with Gasteiger partial charge in [0.15, 0.2) is 0 Å². The van der Waals surface area contributed by atoms with Gasteiger partial charge < -0.3 is 5.32 Å². The van der Waals surface area contributed by atoms with Gasteiger partial charge in [0.1, 0.15) is 0 Å². The highest BCUT2D eigenvalue weighted by Crippen LogP contribution is 2.22. The van der Waals surface area contributed by atoms with Gasteiger partial charge >= 0.3 is 0 Å². The highest BCUT2D eigenvalue weighted by atomic mass is 16.2. The van der Waals surface area contributed by atoms with E-state index in [0.29, 0.717) is 6.54 Å². The summed E-state index contributed by atoms with van der Waals surface area (Å²) < 4.78 is 0. The molecule has 3 rings (SSSR count). The van der Waals surface area contributed by atoms with Crippen LogP contribution >= 0.6 is 0 Å². The number of amides is 1. The summed E-state index contributed by atoms with van der Waals surface area (Å²) in [6.07, 6.45) is 2.66. The van der Waals surface area contributed by atoms with E-state index in [-0.39, 0.29) is 11.9 Å². The Morgan fingerprint density at radius 3 is 2.79 bits per heavy atom. The number of benzene rings is 1. The molecular formula is C19H26N4O. The Morgan fingerprint density at radius 1 is 1.33 bits per heavy atom. The van der Waals surface area contributed by atoms with E-state index in [1.807, 2.05) is 20.9 Å². The Hall–Kier alpha value is -2.14. The minimum absolute atomic E-state index is 0.0719. The molecule has 128 valence electrons. The van der Waals surface area contributed by atoms with Crippen LogP contribution in [0.5, 0.6) is 0 Å². The number of hydrogen-bond acceptors (Lipinski definition) is 3. The second-order valence-corrected chi connectivity index (χ2v) is 6.71. The number of fused-ring (bicyclic) bond motifs is 1. The van der Waals surface area contributed by atoms with Crippen molar-refractivity contribution in [3.63, 3.8) is 0 Å². The summed E-state index contributed by atoms with van der Waals surface area (Å²) in [4.78, 5) is 14.7. The van der Waals surface area contributed by atoms with Crippen LogP contribution in [-0.2, 0) is 24.2 Å². The van der Waals surface area contributed by atoms with E-state index in [2.05, 4.69) is 44.7 Å². The summed E-state index contributed by atoms with van der Waals surface area (Å²) in [5.41, 5.74) is 6.08. The van der Waals surface area contributed by atoms with E-state index in [0.717, 1.165) is 37.2 Å². The molecule has 1 aliphatic heterocycles. The zero-order valence-electron chi connectivity index (χ0n) is 14.7. The molecule has 0 fully saturated rings. The smallest absolute Gasteiger partial charge is 0.237 e. The zero-order valence-corrected chi connectivity index (χ0v) is 14.7. The predicted octanol–water partition coefficient (Wildman–Crippen LogP) is 2.13. The van der Waals surface area contributed by atoms with Crippen molar-refractivity contribution in [1.29, 1.82) is 0 Å². The van der Waals surface area contributed by atoms with Gasteiger partial charge in [0.05, 0.1) is 11.7 Å². The summed E-state index contributed by atoms with van der Waals surface area (Å²) >= 11 is 0. The van der Waals surface area contributed by atoms with Crippen molar-refractivity contribution in [1.82, 2.24) is 20.4 Å². The summed E-state index contributed by atoms with van der Waals surface area (Å²) in [7, 11) is 2.03. The first-order valence-corrected chi connectivity index (χ1v) is 8.61. The molecule has 0 unspecified atom stereocenters. The van der Waals surface area contributed by atoms with Gasteiger partial charge in [0.25, 0.3) is 0 Å². The number of rotatable bonds is 5. The van der Waals surface area contributed by atoms with E-state index in [9.17, 15) is 4.79 Å². The Kier molecular flexibility index (Phi) is 5.00. The fraction of sp³-hybridized carbons (Fsp3) is 0.474. The predicted molar refractivity (Wildman–Crippen MR) is 94.8 cm³/mol. The molecule has 1 atom stereocenters. The van der Waals surface area contributed by atoms with Gasteiger partial charge in [0.2, 0.25) is 5.91 Å². The van der Waals surface area contributed by atoms with Crippen LogP contribution in [0.4, 0.5) is 0 Å². The molecule has 1 aromatic heterocycles. The lowest BCUT2D eigenvalue weighted by Crippen LogP contribution is -2.48. The van der Waals surface area contributed by atoms with Crippen molar-refractivity contribution in [3.05, 3.63) is 52.3 Å². The molecule has 5 heteroatoms. The van der Waals surface area contributed by atoms with Crippen LogP contribution in [0.2, 0.25) is 0 Å². The maximum Gasteiger partial charge on any atom is 0.237 e. The Labute approximate surface area is 143 Å². The van der Waals surface area contributed by atoms with Crippen LogP contribution in [0.1, 0.15) is 34.5 Å². The first kappa shape index (κ1) is 16.7. The minimum Gasteiger partial charge on any atom is -0.355 e. The molecule has 1 aromatic carbocycles.